The van der Waals surface area contributed by atoms with E-state index in [1.807, 2.05) is 0 Å². The van der Waals surface area contributed by atoms with Gasteiger partial charge in [-0.15, -0.1) is 0 Å². The number of pyridine rings is 1. The molecule has 1 aliphatic rings. The molecule has 100 valence electrons. The summed E-state index contributed by atoms with van der Waals surface area (Å²) < 4.78 is 0. The van der Waals surface area contributed by atoms with Crippen molar-refractivity contribution in [2.45, 2.75) is 38.1 Å². The minimum Gasteiger partial charge on any atom is -0.362 e. The number of halogens is 2. The first-order chi connectivity index (χ1) is 8.54. The topological polar surface area (TPSA) is 50.9 Å². The van der Waals surface area contributed by atoms with Crippen molar-refractivity contribution >= 4 is 29.0 Å². The Labute approximate surface area is 118 Å². The lowest BCUT2D eigenvalue weighted by atomic mass is 9.77. The standard InChI is InChI=1S/C13H19Cl2N3/c1-9-2-4-13(8-16,5-3-9)18-12-11(15)6-10(14)7-17-12/h6-7,9H,2-5,8,16H2,1H3,(H,17,18). The number of anilines is 1. The summed E-state index contributed by atoms with van der Waals surface area (Å²) in [5, 5.41) is 4.53. The molecule has 0 atom stereocenters. The summed E-state index contributed by atoms with van der Waals surface area (Å²) in [4.78, 5) is 4.25. The molecular formula is C13H19Cl2N3. The number of aromatic nitrogens is 1. The van der Waals surface area contributed by atoms with Crippen molar-refractivity contribution in [2.75, 3.05) is 11.9 Å². The van der Waals surface area contributed by atoms with Gasteiger partial charge in [0.15, 0.2) is 0 Å². The van der Waals surface area contributed by atoms with Gasteiger partial charge in [0.2, 0.25) is 0 Å². The third kappa shape index (κ3) is 3.08. The highest BCUT2D eigenvalue weighted by Gasteiger charge is 2.33. The highest BCUT2D eigenvalue weighted by atomic mass is 35.5. The van der Waals surface area contributed by atoms with E-state index in [1.165, 1.54) is 12.8 Å². The highest BCUT2D eigenvalue weighted by molar-refractivity contribution is 6.35. The maximum Gasteiger partial charge on any atom is 0.145 e. The number of nitrogens with zero attached hydrogens (tertiary/aromatic N) is 1. The highest BCUT2D eigenvalue weighted by Crippen LogP contribution is 2.35. The molecule has 1 fully saturated rings. The van der Waals surface area contributed by atoms with Crippen LogP contribution in [0.4, 0.5) is 5.82 Å². The molecule has 1 heterocycles. The molecule has 0 bridgehead atoms. The van der Waals surface area contributed by atoms with Crippen LogP contribution in [-0.4, -0.2) is 17.1 Å². The van der Waals surface area contributed by atoms with Gasteiger partial charge in [-0.2, -0.15) is 0 Å². The van der Waals surface area contributed by atoms with Crippen LogP contribution >= 0.6 is 23.2 Å². The van der Waals surface area contributed by atoms with E-state index in [4.69, 9.17) is 28.9 Å². The smallest absolute Gasteiger partial charge is 0.145 e. The monoisotopic (exact) mass is 287 g/mol. The molecule has 3 nitrogen and oxygen atoms in total. The summed E-state index contributed by atoms with van der Waals surface area (Å²) in [5.41, 5.74) is 5.88. The second-order valence-corrected chi connectivity index (χ2v) is 6.12. The van der Waals surface area contributed by atoms with Crippen LogP contribution in [0.25, 0.3) is 0 Å². The summed E-state index contributed by atoms with van der Waals surface area (Å²) in [6, 6.07) is 1.70. The second kappa shape index (κ2) is 5.64. The Morgan fingerprint density at radius 2 is 2.11 bits per heavy atom. The third-order valence-corrected chi connectivity index (χ3v) is 4.31. The molecule has 2 rings (SSSR count). The minimum absolute atomic E-state index is 0.0724. The average Bonchev–Trinajstić information content (AvgIpc) is 2.36. The first kappa shape index (κ1) is 13.9. The number of nitrogens with two attached hydrogens (primary N) is 1. The second-order valence-electron chi connectivity index (χ2n) is 5.28. The Hall–Kier alpha value is -0.510. The van der Waals surface area contributed by atoms with E-state index in [0.29, 0.717) is 22.4 Å². The van der Waals surface area contributed by atoms with Gasteiger partial charge < -0.3 is 11.1 Å². The third-order valence-electron chi connectivity index (χ3n) is 3.81. The van der Waals surface area contributed by atoms with Crippen LogP contribution in [0.2, 0.25) is 10.0 Å². The molecule has 1 saturated carbocycles. The summed E-state index contributed by atoms with van der Waals surface area (Å²) in [7, 11) is 0. The molecule has 0 aromatic carbocycles. The van der Waals surface area contributed by atoms with Gasteiger partial charge in [0, 0.05) is 12.7 Å². The summed E-state index contributed by atoms with van der Waals surface area (Å²) in [6.45, 7) is 2.88. The lowest BCUT2D eigenvalue weighted by molar-refractivity contribution is 0.271. The zero-order valence-corrected chi connectivity index (χ0v) is 12.1. The Morgan fingerprint density at radius 3 is 2.67 bits per heavy atom. The number of hydrogen-bond acceptors (Lipinski definition) is 3. The van der Waals surface area contributed by atoms with Gasteiger partial charge in [-0.25, -0.2) is 4.98 Å². The predicted molar refractivity (Wildman–Crippen MR) is 77.3 cm³/mol. The van der Waals surface area contributed by atoms with Crippen LogP contribution in [0, 0.1) is 5.92 Å². The quantitative estimate of drug-likeness (QED) is 0.891. The molecule has 1 aliphatic carbocycles. The Morgan fingerprint density at radius 1 is 1.44 bits per heavy atom. The number of hydrogen-bond donors (Lipinski definition) is 2. The van der Waals surface area contributed by atoms with Crippen molar-refractivity contribution in [2.24, 2.45) is 11.7 Å². The van der Waals surface area contributed by atoms with Crippen molar-refractivity contribution in [3.05, 3.63) is 22.3 Å². The Bertz CT molecular complexity index is 415. The van der Waals surface area contributed by atoms with Gasteiger partial charge in [0.25, 0.3) is 0 Å². The molecule has 0 spiro atoms. The fourth-order valence-electron chi connectivity index (χ4n) is 2.45. The van der Waals surface area contributed by atoms with E-state index >= 15 is 0 Å². The molecule has 3 N–H and O–H groups in total. The Balaban J connectivity index is 2.15. The zero-order chi connectivity index (χ0) is 13.2. The molecule has 0 aliphatic heterocycles. The van der Waals surface area contributed by atoms with Crippen LogP contribution in [0.3, 0.4) is 0 Å². The molecule has 0 radical (unpaired) electrons. The molecule has 0 unspecified atom stereocenters. The molecule has 5 heteroatoms. The van der Waals surface area contributed by atoms with Crippen molar-refractivity contribution in [3.63, 3.8) is 0 Å². The maximum atomic E-state index is 6.15. The van der Waals surface area contributed by atoms with Gasteiger partial charge in [-0.3, -0.25) is 0 Å². The fraction of sp³-hybridized carbons (Fsp3) is 0.615. The molecule has 1 aromatic heterocycles. The van der Waals surface area contributed by atoms with Crippen LogP contribution in [-0.2, 0) is 0 Å². The first-order valence-electron chi connectivity index (χ1n) is 6.34. The SMILES string of the molecule is CC1CCC(CN)(Nc2ncc(Cl)cc2Cl)CC1. The summed E-state index contributed by atoms with van der Waals surface area (Å²) >= 11 is 12.0. The van der Waals surface area contributed by atoms with Gasteiger partial charge in [-0.05, 0) is 37.7 Å². The number of rotatable bonds is 3. The van der Waals surface area contributed by atoms with Crippen LogP contribution in [0.5, 0.6) is 0 Å². The van der Waals surface area contributed by atoms with Crippen LogP contribution in [0.15, 0.2) is 12.3 Å². The van der Waals surface area contributed by atoms with E-state index in [-0.39, 0.29) is 5.54 Å². The summed E-state index contributed by atoms with van der Waals surface area (Å²) in [5.74, 6) is 1.46. The van der Waals surface area contributed by atoms with E-state index in [0.717, 1.165) is 18.8 Å². The predicted octanol–water partition coefficient (Wildman–Crippen LogP) is 3.71. The van der Waals surface area contributed by atoms with Crippen molar-refractivity contribution in [1.29, 1.82) is 0 Å². The van der Waals surface area contributed by atoms with Gasteiger partial charge >= 0.3 is 0 Å². The molecule has 0 amide bonds. The average molecular weight is 288 g/mol. The lowest BCUT2D eigenvalue weighted by Gasteiger charge is -2.39. The van der Waals surface area contributed by atoms with Crippen molar-refractivity contribution < 1.29 is 0 Å². The van der Waals surface area contributed by atoms with E-state index < -0.39 is 0 Å². The van der Waals surface area contributed by atoms with Gasteiger partial charge in [0.1, 0.15) is 5.82 Å². The maximum absolute atomic E-state index is 6.15. The Kier molecular flexibility index (Phi) is 4.36. The fourth-order valence-corrected chi connectivity index (χ4v) is 2.88. The first-order valence-corrected chi connectivity index (χ1v) is 7.09. The lowest BCUT2D eigenvalue weighted by Crippen LogP contribution is -2.48. The molecular weight excluding hydrogens is 269 g/mol. The zero-order valence-electron chi connectivity index (χ0n) is 10.5. The normalized spacial score (nSPS) is 28.1. The van der Waals surface area contributed by atoms with Gasteiger partial charge in [0.05, 0.1) is 15.6 Å². The molecule has 0 saturated heterocycles. The van der Waals surface area contributed by atoms with E-state index in [9.17, 15) is 0 Å². The summed E-state index contributed by atoms with van der Waals surface area (Å²) in [6.07, 6.45) is 6.10. The molecule has 1 aromatic rings. The van der Waals surface area contributed by atoms with Crippen LogP contribution < -0.4 is 11.1 Å². The van der Waals surface area contributed by atoms with Crippen LogP contribution in [0.1, 0.15) is 32.6 Å². The van der Waals surface area contributed by atoms with Gasteiger partial charge in [-0.1, -0.05) is 30.1 Å². The number of nitrogens with one attached hydrogen (secondary N) is 1. The van der Waals surface area contributed by atoms with E-state index in [2.05, 4.69) is 17.2 Å². The van der Waals surface area contributed by atoms with E-state index in [1.54, 1.807) is 12.3 Å². The molecule has 18 heavy (non-hydrogen) atoms. The van der Waals surface area contributed by atoms with Crippen molar-refractivity contribution in [1.82, 2.24) is 4.98 Å². The largest absolute Gasteiger partial charge is 0.362 e. The van der Waals surface area contributed by atoms with Crippen molar-refractivity contribution in [3.8, 4) is 0 Å². The minimum atomic E-state index is -0.0724.